The van der Waals surface area contributed by atoms with Crippen molar-refractivity contribution in [1.29, 1.82) is 0 Å². The molecule has 0 saturated carbocycles. The van der Waals surface area contributed by atoms with Gasteiger partial charge in [-0.2, -0.15) is 0 Å². The number of carbonyl (C=O) groups excluding carboxylic acids is 1. The quantitative estimate of drug-likeness (QED) is 0.858. The van der Waals surface area contributed by atoms with Gasteiger partial charge in [0.25, 0.3) is 5.91 Å². The molecule has 2 heterocycles. The Kier molecular flexibility index (Phi) is 5.06. The van der Waals surface area contributed by atoms with Crippen molar-refractivity contribution < 1.29 is 4.79 Å². The molecule has 0 aliphatic rings. The average molecular weight is 290 g/mol. The third kappa shape index (κ3) is 3.33. The Morgan fingerprint density at radius 2 is 2.25 bits per heavy atom. The molecule has 2 aromatic heterocycles. The number of hydrogen-bond acceptors (Lipinski definition) is 5. The Labute approximate surface area is 122 Å². The molecule has 2 rings (SSSR count). The SMILES string of the molecule is CCNc1cnccc1C(=O)NC(CC)c1nccs1. The summed E-state index contributed by atoms with van der Waals surface area (Å²) in [6.07, 6.45) is 5.86. The summed E-state index contributed by atoms with van der Waals surface area (Å²) < 4.78 is 0. The van der Waals surface area contributed by atoms with E-state index < -0.39 is 0 Å². The number of hydrogen-bond donors (Lipinski definition) is 2. The lowest BCUT2D eigenvalue weighted by molar-refractivity contribution is 0.0936. The molecule has 0 bridgehead atoms. The van der Waals surface area contributed by atoms with Gasteiger partial charge in [0, 0.05) is 24.3 Å². The summed E-state index contributed by atoms with van der Waals surface area (Å²) in [4.78, 5) is 20.7. The molecule has 0 aliphatic carbocycles. The van der Waals surface area contributed by atoms with Crippen LogP contribution in [0.25, 0.3) is 0 Å². The van der Waals surface area contributed by atoms with Gasteiger partial charge in [-0.1, -0.05) is 6.92 Å². The van der Waals surface area contributed by atoms with E-state index in [-0.39, 0.29) is 11.9 Å². The molecule has 6 heteroatoms. The van der Waals surface area contributed by atoms with Crippen LogP contribution in [0.1, 0.15) is 41.7 Å². The van der Waals surface area contributed by atoms with E-state index in [2.05, 4.69) is 20.6 Å². The number of anilines is 1. The summed E-state index contributed by atoms with van der Waals surface area (Å²) >= 11 is 1.55. The number of pyridine rings is 1. The van der Waals surface area contributed by atoms with E-state index in [1.165, 1.54) is 0 Å². The molecule has 2 N–H and O–H groups in total. The van der Waals surface area contributed by atoms with Crippen molar-refractivity contribution in [3.63, 3.8) is 0 Å². The van der Waals surface area contributed by atoms with Crippen LogP contribution >= 0.6 is 11.3 Å². The number of rotatable bonds is 6. The second kappa shape index (κ2) is 7.00. The highest BCUT2D eigenvalue weighted by Crippen LogP contribution is 2.20. The van der Waals surface area contributed by atoms with Crippen LogP contribution in [0.3, 0.4) is 0 Å². The molecule has 1 amide bonds. The Bertz CT molecular complexity index is 556. The number of nitrogens with zero attached hydrogens (tertiary/aromatic N) is 2. The van der Waals surface area contributed by atoms with Gasteiger partial charge in [-0.25, -0.2) is 4.98 Å². The molecule has 2 aromatic rings. The van der Waals surface area contributed by atoms with Crippen molar-refractivity contribution in [3.8, 4) is 0 Å². The molecule has 0 fully saturated rings. The minimum absolute atomic E-state index is 0.0508. The van der Waals surface area contributed by atoms with Crippen LogP contribution in [0, 0.1) is 0 Å². The normalized spacial score (nSPS) is 11.9. The van der Waals surface area contributed by atoms with Crippen molar-refractivity contribution in [1.82, 2.24) is 15.3 Å². The van der Waals surface area contributed by atoms with E-state index >= 15 is 0 Å². The van der Waals surface area contributed by atoms with Crippen LogP contribution in [-0.4, -0.2) is 22.4 Å². The van der Waals surface area contributed by atoms with Gasteiger partial charge < -0.3 is 10.6 Å². The van der Waals surface area contributed by atoms with Crippen LogP contribution < -0.4 is 10.6 Å². The molecule has 1 unspecified atom stereocenters. The van der Waals surface area contributed by atoms with Crippen LogP contribution in [-0.2, 0) is 0 Å². The lowest BCUT2D eigenvalue weighted by Gasteiger charge is -2.16. The zero-order valence-corrected chi connectivity index (χ0v) is 12.4. The van der Waals surface area contributed by atoms with E-state index in [0.29, 0.717) is 5.56 Å². The summed E-state index contributed by atoms with van der Waals surface area (Å²) in [6.45, 7) is 4.76. The van der Waals surface area contributed by atoms with Gasteiger partial charge in [-0.15, -0.1) is 11.3 Å². The summed E-state index contributed by atoms with van der Waals surface area (Å²) in [7, 11) is 0. The van der Waals surface area contributed by atoms with E-state index in [1.54, 1.807) is 36.0 Å². The Morgan fingerprint density at radius 3 is 2.90 bits per heavy atom. The van der Waals surface area contributed by atoms with Gasteiger partial charge in [0.2, 0.25) is 0 Å². The van der Waals surface area contributed by atoms with Crippen LogP contribution in [0.2, 0.25) is 0 Å². The van der Waals surface area contributed by atoms with Gasteiger partial charge in [-0.3, -0.25) is 9.78 Å². The molecule has 0 radical (unpaired) electrons. The molecular weight excluding hydrogens is 272 g/mol. The van der Waals surface area contributed by atoms with E-state index in [9.17, 15) is 4.79 Å². The largest absolute Gasteiger partial charge is 0.383 e. The molecule has 1 atom stereocenters. The van der Waals surface area contributed by atoms with E-state index in [0.717, 1.165) is 23.7 Å². The van der Waals surface area contributed by atoms with Crippen LogP contribution in [0.5, 0.6) is 0 Å². The first-order valence-electron chi connectivity index (χ1n) is 6.64. The molecule has 0 aliphatic heterocycles. The molecule has 0 spiro atoms. The molecular formula is C14H18N4OS. The minimum atomic E-state index is -0.106. The van der Waals surface area contributed by atoms with E-state index in [4.69, 9.17) is 0 Å². The molecule has 0 aromatic carbocycles. The third-order valence-corrected chi connectivity index (χ3v) is 3.79. The average Bonchev–Trinajstić information content (AvgIpc) is 2.99. The lowest BCUT2D eigenvalue weighted by atomic mass is 10.1. The highest BCUT2D eigenvalue weighted by atomic mass is 32.1. The third-order valence-electron chi connectivity index (χ3n) is 2.90. The van der Waals surface area contributed by atoms with Gasteiger partial charge in [-0.05, 0) is 19.4 Å². The van der Waals surface area contributed by atoms with Gasteiger partial charge in [0.15, 0.2) is 0 Å². The lowest BCUT2D eigenvalue weighted by Crippen LogP contribution is -2.28. The van der Waals surface area contributed by atoms with Crippen LogP contribution in [0.4, 0.5) is 5.69 Å². The fourth-order valence-corrected chi connectivity index (χ4v) is 2.68. The smallest absolute Gasteiger partial charge is 0.254 e. The predicted octanol–water partition coefficient (Wildman–Crippen LogP) is 2.85. The number of aromatic nitrogens is 2. The number of nitrogens with one attached hydrogen (secondary N) is 2. The van der Waals surface area contributed by atoms with Gasteiger partial charge in [0.1, 0.15) is 5.01 Å². The highest BCUT2D eigenvalue weighted by Gasteiger charge is 2.18. The summed E-state index contributed by atoms with van der Waals surface area (Å²) in [5, 5.41) is 9.02. The first kappa shape index (κ1) is 14.5. The summed E-state index contributed by atoms with van der Waals surface area (Å²) in [5.41, 5.74) is 1.36. The van der Waals surface area contributed by atoms with Crippen molar-refractivity contribution in [2.24, 2.45) is 0 Å². The number of amides is 1. The maximum Gasteiger partial charge on any atom is 0.254 e. The zero-order valence-electron chi connectivity index (χ0n) is 11.6. The predicted molar refractivity (Wildman–Crippen MR) is 81.0 cm³/mol. The topological polar surface area (TPSA) is 66.9 Å². The molecule has 5 nitrogen and oxygen atoms in total. The minimum Gasteiger partial charge on any atom is -0.383 e. The Morgan fingerprint density at radius 1 is 1.40 bits per heavy atom. The standard InChI is InChI=1S/C14H18N4OS/c1-3-11(14-17-7-8-20-14)18-13(19)10-5-6-15-9-12(10)16-4-2/h5-9,11,16H,3-4H2,1-2H3,(H,18,19). The van der Waals surface area contributed by atoms with Crippen molar-refractivity contribution >= 4 is 22.9 Å². The maximum absolute atomic E-state index is 12.4. The molecule has 20 heavy (non-hydrogen) atoms. The van der Waals surface area contributed by atoms with Crippen LogP contribution in [0.15, 0.2) is 30.0 Å². The first-order valence-corrected chi connectivity index (χ1v) is 7.52. The van der Waals surface area contributed by atoms with Crippen molar-refractivity contribution in [2.75, 3.05) is 11.9 Å². The molecule has 0 saturated heterocycles. The summed E-state index contributed by atoms with van der Waals surface area (Å²) in [5.74, 6) is -0.106. The molecule has 106 valence electrons. The maximum atomic E-state index is 12.4. The zero-order chi connectivity index (χ0) is 14.4. The fourth-order valence-electron chi connectivity index (χ4n) is 1.90. The highest BCUT2D eigenvalue weighted by molar-refractivity contribution is 7.09. The Balaban J connectivity index is 2.15. The Hall–Kier alpha value is -1.95. The van der Waals surface area contributed by atoms with Gasteiger partial charge in [0.05, 0.1) is 23.5 Å². The van der Waals surface area contributed by atoms with Gasteiger partial charge >= 0.3 is 0 Å². The number of thiazole rings is 1. The second-order valence-electron chi connectivity index (χ2n) is 4.26. The fraction of sp³-hybridized carbons (Fsp3) is 0.357. The van der Waals surface area contributed by atoms with E-state index in [1.807, 2.05) is 19.2 Å². The summed E-state index contributed by atoms with van der Waals surface area (Å²) in [6, 6.07) is 1.67. The monoisotopic (exact) mass is 290 g/mol. The first-order chi connectivity index (χ1) is 9.76. The second-order valence-corrected chi connectivity index (χ2v) is 5.18. The number of carbonyl (C=O) groups is 1. The van der Waals surface area contributed by atoms with Crippen molar-refractivity contribution in [3.05, 3.63) is 40.6 Å². The van der Waals surface area contributed by atoms with Crippen molar-refractivity contribution in [2.45, 2.75) is 26.3 Å².